The number of alkyl halides is 4. The van der Waals surface area contributed by atoms with Crippen molar-refractivity contribution in [2.45, 2.75) is 73.7 Å². The van der Waals surface area contributed by atoms with Gasteiger partial charge in [-0.25, -0.2) is 4.39 Å². The molecule has 5 rings (SSSR count). The van der Waals surface area contributed by atoms with Crippen LogP contribution in [0, 0.1) is 5.82 Å². The van der Waals surface area contributed by atoms with Gasteiger partial charge in [0.1, 0.15) is 5.82 Å². The van der Waals surface area contributed by atoms with Crippen molar-refractivity contribution in [3.8, 4) is 0 Å². The molecule has 3 N–H and O–H groups in total. The first-order valence-electron chi connectivity index (χ1n) is 14.3. The van der Waals surface area contributed by atoms with E-state index in [1.165, 1.54) is 6.07 Å². The average Bonchev–Trinajstić information content (AvgIpc) is 3.39. The van der Waals surface area contributed by atoms with Gasteiger partial charge >= 0.3 is 6.18 Å². The molecule has 1 saturated heterocycles. The van der Waals surface area contributed by atoms with Gasteiger partial charge in [0, 0.05) is 59.0 Å². The Morgan fingerprint density at radius 1 is 1.12 bits per heavy atom. The van der Waals surface area contributed by atoms with E-state index in [4.69, 9.17) is 0 Å². The number of H-pyrrole nitrogens is 1. The number of hydrogen-bond donors (Lipinski definition) is 3. The van der Waals surface area contributed by atoms with E-state index in [9.17, 15) is 22.8 Å². The number of hydrogen-bond acceptors (Lipinski definition) is 5. The summed E-state index contributed by atoms with van der Waals surface area (Å²) in [6.45, 7) is 5.75. The van der Waals surface area contributed by atoms with Crippen LogP contribution < -0.4 is 21.1 Å². The molecule has 3 atom stereocenters. The van der Waals surface area contributed by atoms with Crippen molar-refractivity contribution in [3.63, 3.8) is 0 Å². The van der Waals surface area contributed by atoms with Crippen molar-refractivity contribution in [1.82, 2.24) is 15.2 Å². The van der Waals surface area contributed by atoms with E-state index in [-0.39, 0.29) is 27.2 Å². The monoisotopic (exact) mass is 701 g/mol. The quantitative estimate of drug-likeness (QED) is 0.209. The minimum absolute atomic E-state index is 0.0784. The average molecular weight is 702 g/mol. The summed E-state index contributed by atoms with van der Waals surface area (Å²) in [6.07, 6.45) is 2.89. The summed E-state index contributed by atoms with van der Waals surface area (Å²) in [5, 5.41) is 6.22. The number of benzene rings is 1. The van der Waals surface area contributed by atoms with E-state index < -0.39 is 34.6 Å². The van der Waals surface area contributed by atoms with Gasteiger partial charge in [-0.3, -0.25) is 14.5 Å². The van der Waals surface area contributed by atoms with Gasteiger partial charge in [-0.05, 0) is 57.9 Å². The fourth-order valence-corrected chi connectivity index (χ4v) is 7.66. The molecule has 1 amide bonds. The van der Waals surface area contributed by atoms with E-state index in [1.807, 2.05) is 31.9 Å². The number of halogens is 5. The van der Waals surface area contributed by atoms with Crippen LogP contribution in [0.4, 0.5) is 28.9 Å². The molecule has 2 fully saturated rings. The summed E-state index contributed by atoms with van der Waals surface area (Å²) >= 11 is 2.54. The Balaban J connectivity index is 1.54. The molecule has 0 radical (unpaired) electrons. The molecule has 42 heavy (non-hydrogen) atoms. The topological polar surface area (TPSA) is 80.5 Å². The van der Waals surface area contributed by atoms with E-state index in [1.54, 1.807) is 6.07 Å². The van der Waals surface area contributed by atoms with Crippen LogP contribution in [-0.2, 0) is 6.18 Å². The number of carbonyl (C=O) groups excluding carboxylic acids is 1. The number of piperazine rings is 1. The Hall–Kier alpha value is -2.45. The minimum Gasteiger partial charge on any atom is -0.367 e. The highest BCUT2D eigenvalue weighted by Gasteiger charge is 2.40. The largest absolute Gasteiger partial charge is 0.417 e. The number of amides is 1. The number of nitrogens with zero attached hydrogens (tertiary/aromatic N) is 2. The molecule has 1 aromatic heterocycles. The van der Waals surface area contributed by atoms with Gasteiger partial charge in [-0.2, -0.15) is 13.2 Å². The number of aromatic nitrogens is 1. The number of carbonyl (C=O) groups is 1. The third kappa shape index (κ3) is 6.26. The number of rotatable bonds is 5. The number of nitrogens with one attached hydrogen (secondary N) is 3. The summed E-state index contributed by atoms with van der Waals surface area (Å²) in [6, 6.07) is 3.72. The highest BCUT2D eigenvalue weighted by Crippen LogP contribution is 2.45. The second-order valence-corrected chi connectivity index (χ2v) is 14.0. The molecule has 1 aliphatic carbocycles. The van der Waals surface area contributed by atoms with Crippen LogP contribution in [0.15, 0.2) is 35.3 Å². The van der Waals surface area contributed by atoms with Crippen LogP contribution in [0.25, 0.3) is 5.57 Å². The van der Waals surface area contributed by atoms with E-state index in [0.29, 0.717) is 43.4 Å². The molecule has 3 aliphatic rings. The van der Waals surface area contributed by atoms with Crippen LogP contribution in [0.3, 0.4) is 0 Å². The van der Waals surface area contributed by atoms with Crippen molar-refractivity contribution < 1.29 is 22.4 Å². The standard InChI is InChI=1S/C30H36F4IN5O2/c1-17-15-40(16-18(2)39(17)3)25-13-23(31)20(19-6-9-36-26(10-19)29(35)7-4-5-8-29)11-24(25)38-28(42)21-14-37-27(41)12-22(21)30(32,33)34/h6,11-14,17-18,26,36H,4-5,7-10,15-16H2,1-3H3,(H,37,41)(H,38,42)/t17-,18+,26?. The molecule has 12 heteroatoms. The van der Waals surface area contributed by atoms with Crippen molar-refractivity contribution in [2.75, 3.05) is 36.9 Å². The van der Waals surface area contributed by atoms with Crippen molar-refractivity contribution in [2.24, 2.45) is 0 Å². The maximum absolute atomic E-state index is 16.0. The zero-order valence-electron chi connectivity index (χ0n) is 23.9. The summed E-state index contributed by atoms with van der Waals surface area (Å²) in [4.78, 5) is 31.4. The Labute approximate surface area is 256 Å². The number of aromatic amines is 1. The van der Waals surface area contributed by atoms with Gasteiger partial charge in [-0.1, -0.05) is 41.5 Å². The SMILES string of the molecule is C[C@@H]1CN(c2cc(F)c(C3=CCNC(C4(I)CCCC4)C3)cc2NC(=O)c2c[nH]c(=O)cc2C(F)(F)F)C[C@H](C)N1C. The molecule has 2 aliphatic heterocycles. The summed E-state index contributed by atoms with van der Waals surface area (Å²) in [5.41, 5.74) is -1.25. The minimum atomic E-state index is -4.91. The second-order valence-electron chi connectivity index (χ2n) is 11.8. The van der Waals surface area contributed by atoms with Crippen LogP contribution >= 0.6 is 22.6 Å². The number of likely N-dealkylation sites (N-methyl/N-ethyl adjacent to an activating group) is 1. The molecular formula is C30H36F4IN5O2. The summed E-state index contributed by atoms with van der Waals surface area (Å²) in [7, 11) is 2.01. The first-order chi connectivity index (χ1) is 19.8. The van der Waals surface area contributed by atoms with Gasteiger partial charge in [0.25, 0.3) is 5.91 Å². The Bertz CT molecular complexity index is 1420. The normalized spacial score (nSPS) is 24.9. The first-order valence-corrected chi connectivity index (χ1v) is 15.4. The molecular weight excluding hydrogens is 665 g/mol. The summed E-state index contributed by atoms with van der Waals surface area (Å²) < 4.78 is 57.3. The maximum atomic E-state index is 16.0. The van der Waals surface area contributed by atoms with Gasteiger partial charge < -0.3 is 20.5 Å². The first kappa shape index (κ1) is 31.0. The second kappa shape index (κ2) is 11.9. The van der Waals surface area contributed by atoms with Crippen LogP contribution in [0.5, 0.6) is 0 Å². The van der Waals surface area contributed by atoms with Crippen molar-refractivity contribution in [3.05, 3.63) is 63.3 Å². The van der Waals surface area contributed by atoms with Crippen LogP contribution in [0.2, 0.25) is 0 Å². The van der Waals surface area contributed by atoms with Crippen molar-refractivity contribution in [1.29, 1.82) is 0 Å². The molecule has 1 aromatic carbocycles. The fourth-order valence-electron chi connectivity index (χ4n) is 6.45. The maximum Gasteiger partial charge on any atom is 0.417 e. The molecule has 228 valence electrons. The smallest absolute Gasteiger partial charge is 0.367 e. The predicted molar refractivity (Wildman–Crippen MR) is 165 cm³/mol. The van der Waals surface area contributed by atoms with Crippen molar-refractivity contribution >= 4 is 45.4 Å². The molecule has 3 heterocycles. The number of pyridine rings is 1. The van der Waals surface area contributed by atoms with E-state index in [2.05, 4.69) is 43.1 Å². The molecule has 1 saturated carbocycles. The third-order valence-electron chi connectivity index (χ3n) is 9.05. The Morgan fingerprint density at radius 3 is 2.43 bits per heavy atom. The molecule has 0 spiro atoms. The van der Waals surface area contributed by atoms with Crippen LogP contribution in [0.1, 0.15) is 67.4 Å². The predicted octanol–water partition coefficient (Wildman–Crippen LogP) is 5.81. The van der Waals surface area contributed by atoms with Crippen LogP contribution in [-0.4, -0.2) is 64.0 Å². The zero-order valence-corrected chi connectivity index (χ0v) is 26.0. The highest BCUT2D eigenvalue weighted by atomic mass is 127. The van der Waals surface area contributed by atoms with Gasteiger partial charge in [0.15, 0.2) is 0 Å². The molecule has 0 bridgehead atoms. The number of anilines is 2. The summed E-state index contributed by atoms with van der Waals surface area (Å²) in [5.74, 6) is -1.48. The lowest BCUT2D eigenvalue weighted by Crippen LogP contribution is -2.55. The Morgan fingerprint density at radius 2 is 1.79 bits per heavy atom. The lowest BCUT2D eigenvalue weighted by atomic mass is 9.86. The van der Waals surface area contributed by atoms with Gasteiger partial charge in [-0.15, -0.1) is 0 Å². The zero-order chi connectivity index (χ0) is 30.4. The molecule has 7 nitrogen and oxygen atoms in total. The third-order valence-corrected chi connectivity index (χ3v) is 10.9. The molecule has 1 unspecified atom stereocenters. The lowest BCUT2D eigenvalue weighted by molar-refractivity contribution is -0.138. The van der Waals surface area contributed by atoms with E-state index in [0.717, 1.165) is 37.5 Å². The fraction of sp³-hybridized carbons (Fsp3) is 0.533. The van der Waals surface area contributed by atoms with Gasteiger partial charge in [0.05, 0.1) is 22.5 Å². The lowest BCUT2D eigenvalue weighted by Gasteiger charge is -2.44. The van der Waals surface area contributed by atoms with Gasteiger partial charge in [0.2, 0.25) is 5.56 Å². The molecule has 2 aromatic rings. The highest BCUT2D eigenvalue weighted by molar-refractivity contribution is 14.1. The Kier molecular flexibility index (Phi) is 8.79. The van der Waals surface area contributed by atoms with E-state index >= 15 is 4.39 Å².